The summed E-state index contributed by atoms with van der Waals surface area (Å²) >= 11 is 11.1. The molecule has 1 saturated heterocycles. The van der Waals surface area contributed by atoms with E-state index in [2.05, 4.69) is 54.0 Å². The summed E-state index contributed by atoms with van der Waals surface area (Å²) in [7, 11) is 0. The van der Waals surface area contributed by atoms with Gasteiger partial charge in [-0.15, -0.1) is 11.3 Å². The number of aryl methyl sites for hydroxylation is 1. The molecule has 0 radical (unpaired) electrons. The molecule has 160 valence electrons. The van der Waals surface area contributed by atoms with E-state index in [4.69, 9.17) is 12.2 Å². The zero-order valence-corrected chi connectivity index (χ0v) is 20.6. The number of nitrogens with one attached hydrogen (secondary N) is 2. The number of benzene rings is 1. The number of halogens is 1. The number of carbonyl (C=O) groups excluding carboxylic acids is 1. The largest absolute Gasteiger partial charge is 0.351 e. The van der Waals surface area contributed by atoms with E-state index in [-0.39, 0.29) is 23.9 Å². The SMILES string of the molecule is Cc1cc(N2C(=S)N[C@H](c3ccccn3)[C@H]2c2cc(Br)cs2)ccc1NC(=O)C(C)C. The summed E-state index contributed by atoms with van der Waals surface area (Å²) in [5, 5.41) is 9.21. The highest BCUT2D eigenvalue weighted by atomic mass is 79.9. The molecule has 5 nitrogen and oxygen atoms in total. The minimum Gasteiger partial charge on any atom is -0.351 e. The summed E-state index contributed by atoms with van der Waals surface area (Å²) in [6.07, 6.45) is 1.81. The molecule has 1 fully saturated rings. The summed E-state index contributed by atoms with van der Waals surface area (Å²) < 4.78 is 1.05. The Morgan fingerprint density at radius 3 is 2.71 bits per heavy atom. The molecule has 8 heteroatoms. The van der Waals surface area contributed by atoms with Crippen LogP contribution < -0.4 is 15.5 Å². The van der Waals surface area contributed by atoms with E-state index < -0.39 is 0 Å². The Hall–Kier alpha value is -2.29. The van der Waals surface area contributed by atoms with Gasteiger partial charge in [-0.3, -0.25) is 9.78 Å². The second-order valence-electron chi connectivity index (χ2n) is 7.81. The lowest BCUT2D eigenvalue weighted by Gasteiger charge is -2.27. The maximum absolute atomic E-state index is 12.1. The van der Waals surface area contributed by atoms with Crippen molar-refractivity contribution < 1.29 is 4.79 Å². The zero-order chi connectivity index (χ0) is 22.1. The minimum atomic E-state index is -0.0739. The molecule has 3 aromatic rings. The number of amides is 1. The fourth-order valence-corrected chi connectivity index (χ4v) is 5.54. The number of thiophene rings is 1. The molecule has 0 unspecified atom stereocenters. The van der Waals surface area contributed by atoms with Crippen molar-refractivity contribution in [1.29, 1.82) is 0 Å². The first-order valence-corrected chi connectivity index (χ1v) is 12.1. The van der Waals surface area contributed by atoms with E-state index in [0.717, 1.165) is 27.1 Å². The smallest absolute Gasteiger partial charge is 0.226 e. The summed E-state index contributed by atoms with van der Waals surface area (Å²) in [4.78, 5) is 20.0. The van der Waals surface area contributed by atoms with Crippen molar-refractivity contribution in [2.75, 3.05) is 10.2 Å². The van der Waals surface area contributed by atoms with Gasteiger partial charge in [-0.1, -0.05) is 19.9 Å². The van der Waals surface area contributed by atoms with Crippen LogP contribution in [0, 0.1) is 12.8 Å². The molecule has 2 atom stereocenters. The Kier molecular flexibility index (Phi) is 6.41. The van der Waals surface area contributed by atoms with Crippen molar-refractivity contribution in [2.24, 2.45) is 5.92 Å². The number of aromatic nitrogens is 1. The van der Waals surface area contributed by atoms with Crippen LogP contribution in [-0.2, 0) is 4.79 Å². The molecule has 2 N–H and O–H groups in total. The molecule has 2 aromatic heterocycles. The first kappa shape index (κ1) is 21.9. The number of rotatable bonds is 5. The van der Waals surface area contributed by atoms with Crippen LogP contribution in [0.4, 0.5) is 11.4 Å². The van der Waals surface area contributed by atoms with E-state index in [1.54, 1.807) is 17.5 Å². The van der Waals surface area contributed by atoms with Gasteiger partial charge in [0.25, 0.3) is 0 Å². The molecule has 3 heterocycles. The number of pyridine rings is 1. The van der Waals surface area contributed by atoms with Crippen molar-refractivity contribution in [3.63, 3.8) is 0 Å². The van der Waals surface area contributed by atoms with E-state index in [1.165, 1.54) is 4.88 Å². The van der Waals surface area contributed by atoms with Gasteiger partial charge in [0.15, 0.2) is 5.11 Å². The third-order valence-corrected chi connectivity index (χ3v) is 7.33. The maximum atomic E-state index is 12.1. The third kappa shape index (κ3) is 4.51. The predicted octanol–water partition coefficient (Wildman–Crippen LogP) is 5.99. The van der Waals surface area contributed by atoms with Gasteiger partial charge in [-0.05, 0) is 77.0 Å². The molecule has 0 bridgehead atoms. The Balaban J connectivity index is 1.73. The van der Waals surface area contributed by atoms with Gasteiger partial charge in [0.1, 0.15) is 0 Å². The normalized spacial score (nSPS) is 18.4. The Morgan fingerprint density at radius 2 is 2.10 bits per heavy atom. The van der Waals surface area contributed by atoms with Crippen molar-refractivity contribution >= 4 is 61.9 Å². The average molecular weight is 516 g/mol. The third-order valence-electron chi connectivity index (χ3n) is 5.25. The number of hydrogen-bond donors (Lipinski definition) is 2. The molecular formula is C23H23BrN4OS2. The van der Waals surface area contributed by atoms with Crippen LogP contribution in [0.1, 0.15) is 42.1 Å². The van der Waals surface area contributed by atoms with E-state index in [1.807, 2.05) is 51.1 Å². The van der Waals surface area contributed by atoms with Crippen molar-refractivity contribution in [3.8, 4) is 0 Å². The lowest BCUT2D eigenvalue weighted by molar-refractivity contribution is -0.118. The van der Waals surface area contributed by atoms with Crippen LogP contribution in [0.2, 0.25) is 0 Å². The fourth-order valence-electron chi connectivity index (χ4n) is 3.62. The van der Waals surface area contributed by atoms with Crippen LogP contribution in [0.5, 0.6) is 0 Å². The molecule has 4 rings (SSSR count). The van der Waals surface area contributed by atoms with Crippen LogP contribution in [-0.4, -0.2) is 16.0 Å². The lowest BCUT2D eigenvalue weighted by Crippen LogP contribution is -2.29. The molecule has 0 saturated carbocycles. The maximum Gasteiger partial charge on any atom is 0.226 e. The Morgan fingerprint density at radius 1 is 1.29 bits per heavy atom. The zero-order valence-electron chi connectivity index (χ0n) is 17.4. The fraction of sp³-hybridized carbons (Fsp3) is 0.261. The first-order chi connectivity index (χ1) is 14.8. The second kappa shape index (κ2) is 9.06. The van der Waals surface area contributed by atoms with Crippen molar-refractivity contribution in [3.05, 3.63) is 74.6 Å². The Bertz CT molecular complexity index is 1120. The van der Waals surface area contributed by atoms with E-state index in [9.17, 15) is 4.79 Å². The van der Waals surface area contributed by atoms with Gasteiger partial charge in [0.2, 0.25) is 5.91 Å². The topological polar surface area (TPSA) is 57.3 Å². The highest BCUT2D eigenvalue weighted by Gasteiger charge is 2.41. The molecule has 1 amide bonds. The molecule has 1 aliphatic rings. The number of hydrogen-bond acceptors (Lipinski definition) is 4. The van der Waals surface area contributed by atoms with Gasteiger partial charge in [-0.2, -0.15) is 0 Å². The van der Waals surface area contributed by atoms with E-state index in [0.29, 0.717) is 5.11 Å². The molecule has 0 aliphatic carbocycles. The first-order valence-electron chi connectivity index (χ1n) is 10.0. The quantitative estimate of drug-likeness (QED) is 0.409. The van der Waals surface area contributed by atoms with Crippen LogP contribution in [0.3, 0.4) is 0 Å². The van der Waals surface area contributed by atoms with Crippen molar-refractivity contribution in [1.82, 2.24) is 10.3 Å². The molecule has 1 aromatic carbocycles. The summed E-state index contributed by atoms with van der Waals surface area (Å²) in [6.45, 7) is 5.77. The summed E-state index contributed by atoms with van der Waals surface area (Å²) in [6, 6.07) is 14.0. The molecule has 31 heavy (non-hydrogen) atoms. The number of nitrogens with zero attached hydrogens (tertiary/aromatic N) is 2. The lowest BCUT2D eigenvalue weighted by atomic mass is 10.0. The summed E-state index contributed by atoms with van der Waals surface area (Å²) in [5.74, 6) is -0.0686. The minimum absolute atomic E-state index is 0.00531. The standard InChI is InChI=1S/C23H23BrN4OS2/c1-13(2)22(29)26-17-8-7-16(10-14(17)3)28-21(19-11-15(24)12-31-19)20(27-23(28)30)18-6-4-5-9-25-18/h4-13,20-21H,1-3H3,(H,26,29)(H,27,30)/t20-,21-/m1/s1. The average Bonchev–Trinajstić information content (AvgIpc) is 3.32. The van der Waals surface area contributed by atoms with Crippen LogP contribution in [0.15, 0.2) is 58.5 Å². The number of carbonyl (C=O) groups is 1. The molecular weight excluding hydrogens is 492 g/mol. The van der Waals surface area contributed by atoms with E-state index >= 15 is 0 Å². The summed E-state index contributed by atoms with van der Waals surface area (Å²) in [5.41, 5.74) is 3.73. The Labute approximate surface area is 200 Å². The van der Waals surface area contributed by atoms with Crippen molar-refractivity contribution in [2.45, 2.75) is 32.9 Å². The molecule has 0 spiro atoms. The predicted molar refractivity (Wildman–Crippen MR) is 135 cm³/mol. The number of thiocarbonyl (C=S) groups is 1. The second-order valence-corrected chi connectivity index (χ2v) is 10.1. The van der Waals surface area contributed by atoms with Gasteiger partial charge in [-0.25, -0.2) is 0 Å². The highest BCUT2D eigenvalue weighted by Crippen LogP contribution is 2.44. The van der Waals surface area contributed by atoms with Gasteiger partial charge < -0.3 is 15.5 Å². The molecule has 1 aliphatic heterocycles. The monoisotopic (exact) mass is 514 g/mol. The van der Waals surface area contributed by atoms with Gasteiger partial charge in [0, 0.05) is 38.2 Å². The highest BCUT2D eigenvalue weighted by molar-refractivity contribution is 9.10. The van der Waals surface area contributed by atoms with Crippen LogP contribution in [0.25, 0.3) is 0 Å². The van der Waals surface area contributed by atoms with Gasteiger partial charge >= 0.3 is 0 Å². The van der Waals surface area contributed by atoms with Gasteiger partial charge in [0.05, 0.1) is 17.8 Å². The number of anilines is 2. The van der Waals surface area contributed by atoms with Crippen LogP contribution >= 0.6 is 39.5 Å².